The molecule has 1 aromatic carbocycles. The van der Waals surface area contributed by atoms with E-state index < -0.39 is 17.7 Å². The van der Waals surface area contributed by atoms with E-state index >= 15 is 0 Å². The highest BCUT2D eigenvalue weighted by atomic mass is 79.9. The van der Waals surface area contributed by atoms with Gasteiger partial charge in [0.25, 0.3) is 0 Å². The Hall–Kier alpha value is -2.33. The summed E-state index contributed by atoms with van der Waals surface area (Å²) in [5.41, 5.74) is -1.40. The summed E-state index contributed by atoms with van der Waals surface area (Å²) in [4.78, 5) is 23.4. The fraction of sp³-hybridized carbons (Fsp3) is 0.312. The monoisotopic (exact) mass is 381 g/mol. The Morgan fingerprint density at radius 1 is 1.39 bits per heavy atom. The molecule has 1 unspecified atom stereocenters. The number of nitrogens with zero attached hydrogens (tertiary/aromatic N) is 1. The average Bonchev–Trinajstić information content (AvgIpc) is 2.53. The second-order valence-corrected chi connectivity index (χ2v) is 5.33. The van der Waals surface area contributed by atoms with Gasteiger partial charge in [-0.15, -0.1) is 0 Å². The second-order valence-electron chi connectivity index (χ2n) is 4.48. The fourth-order valence-electron chi connectivity index (χ4n) is 1.90. The number of carbonyl (C=O) groups excluding carboxylic acids is 2. The first-order valence-electron chi connectivity index (χ1n) is 6.68. The third-order valence-corrected chi connectivity index (χ3v) is 3.64. The van der Waals surface area contributed by atoms with Crippen molar-refractivity contribution in [2.24, 2.45) is 0 Å². The van der Waals surface area contributed by atoms with Crippen molar-refractivity contribution in [3.63, 3.8) is 0 Å². The summed E-state index contributed by atoms with van der Waals surface area (Å²) in [5.74, 6) is -0.691. The number of carbonyl (C=O) groups is 2. The first kappa shape index (κ1) is 18.7. The number of benzene rings is 1. The Kier molecular flexibility index (Phi) is 6.79. The van der Waals surface area contributed by atoms with Crippen LogP contribution in [-0.2, 0) is 24.6 Å². The molecular formula is C16H16BrNO5. The summed E-state index contributed by atoms with van der Waals surface area (Å²) >= 11 is 3.32. The van der Waals surface area contributed by atoms with E-state index in [2.05, 4.69) is 27.2 Å². The zero-order valence-electron chi connectivity index (χ0n) is 12.8. The number of rotatable bonds is 6. The van der Waals surface area contributed by atoms with Gasteiger partial charge in [-0.25, -0.2) is 9.59 Å². The first-order valence-corrected chi connectivity index (χ1v) is 7.47. The van der Waals surface area contributed by atoms with Gasteiger partial charge < -0.3 is 14.2 Å². The molecule has 0 aliphatic heterocycles. The molecule has 0 spiro atoms. The minimum atomic E-state index is -1.77. The quantitative estimate of drug-likeness (QED) is 0.553. The van der Waals surface area contributed by atoms with Gasteiger partial charge in [0.2, 0.25) is 5.60 Å². The number of methoxy groups -OCH3 is 1. The Morgan fingerprint density at radius 2 is 2.04 bits per heavy atom. The molecule has 0 saturated carbocycles. The first-order chi connectivity index (χ1) is 10.9. The summed E-state index contributed by atoms with van der Waals surface area (Å²) < 4.78 is 15.1. The maximum atomic E-state index is 11.8. The molecule has 0 saturated heterocycles. The summed E-state index contributed by atoms with van der Waals surface area (Å²) in [6.45, 7) is 5.30. The normalized spacial score (nSPS) is 12.4. The summed E-state index contributed by atoms with van der Waals surface area (Å²) in [7, 11) is 1.20. The molecule has 0 N–H and O–H groups in total. The number of hydrogen-bond acceptors (Lipinski definition) is 6. The van der Waals surface area contributed by atoms with Crippen LogP contribution in [0.4, 0.5) is 4.79 Å². The van der Waals surface area contributed by atoms with E-state index in [1.165, 1.54) is 7.11 Å². The van der Waals surface area contributed by atoms with Gasteiger partial charge in [0, 0.05) is 22.0 Å². The van der Waals surface area contributed by atoms with Crippen LogP contribution in [0.2, 0.25) is 0 Å². The van der Waals surface area contributed by atoms with Crippen molar-refractivity contribution in [2.45, 2.75) is 18.9 Å². The maximum absolute atomic E-state index is 11.8. The Labute approximate surface area is 142 Å². The molecule has 1 atom stereocenters. The van der Waals surface area contributed by atoms with Crippen molar-refractivity contribution >= 4 is 28.1 Å². The van der Waals surface area contributed by atoms with Crippen LogP contribution < -0.4 is 0 Å². The molecule has 0 heterocycles. The Bertz CT molecular complexity index is 652. The van der Waals surface area contributed by atoms with Crippen molar-refractivity contribution in [2.75, 3.05) is 13.7 Å². The van der Waals surface area contributed by atoms with E-state index in [0.717, 1.165) is 0 Å². The molecule has 122 valence electrons. The third-order valence-electron chi connectivity index (χ3n) is 2.95. The number of hydrogen-bond donors (Lipinski definition) is 0. The van der Waals surface area contributed by atoms with E-state index in [0.29, 0.717) is 10.0 Å². The lowest BCUT2D eigenvalue weighted by Gasteiger charge is -2.27. The molecule has 7 heteroatoms. The molecular weight excluding hydrogens is 366 g/mol. The number of ether oxygens (including phenoxy) is 3. The lowest BCUT2D eigenvalue weighted by Crippen LogP contribution is -2.33. The van der Waals surface area contributed by atoms with Crippen molar-refractivity contribution < 1.29 is 23.8 Å². The minimum Gasteiger partial charge on any atom is -0.466 e. The molecule has 23 heavy (non-hydrogen) atoms. The van der Waals surface area contributed by atoms with Crippen LogP contribution in [0.5, 0.6) is 0 Å². The Balaban J connectivity index is 3.31. The van der Waals surface area contributed by atoms with Gasteiger partial charge in [-0.1, -0.05) is 40.7 Å². The number of nitriles is 1. The van der Waals surface area contributed by atoms with Crippen molar-refractivity contribution in [3.05, 3.63) is 46.5 Å². The average molecular weight is 382 g/mol. The van der Waals surface area contributed by atoms with Crippen LogP contribution in [0.15, 0.2) is 40.9 Å². The smallest absolute Gasteiger partial charge is 0.466 e. The molecule has 0 aliphatic carbocycles. The highest BCUT2D eigenvalue weighted by Crippen LogP contribution is 2.37. The van der Waals surface area contributed by atoms with Crippen molar-refractivity contribution in [1.82, 2.24) is 0 Å². The standard InChI is InChI=1S/C16H16BrNO5/c1-4-22-15(20)23-16(10-18,9-11(2)14(19)21-3)12-7-5-6-8-13(12)17/h5-8H,2,4,9H2,1,3H3. The van der Waals surface area contributed by atoms with Crippen molar-refractivity contribution in [1.29, 1.82) is 5.26 Å². The molecule has 0 bridgehead atoms. The molecule has 1 aromatic rings. The zero-order valence-corrected chi connectivity index (χ0v) is 14.4. The van der Waals surface area contributed by atoms with Crippen LogP contribution in [0, 0.1) is 11.3 Å². The van der Waals surface area contributed by atoms with Gasteiger partial charge in [0.05, 0.1) is 13.7 Å². The molecule has 0 radical (unpaired) electrons. The molecule has 0 fully saturated rings. The van der Waals surface area contributed by atoms with E-state index in [9.17, 15) is 14.9 Å². The van der Waals surface area contributed by atoms with E-state index in [1.54, 1.807) is 31.2 Å². The summed E-state index contributed by atoms with van der Waals surface area (Å²) in [5, 5.41) is 9.68. The molecule has 0 amide bonds. The maximum Gasteiger partial charge on any atom is 0.510 e. The molecule has 0 aliphatic rings. The van der Waals surface area contributed by atoms with Gasteiger partial charge in [0.1, 0.15) is 6.07 Å². The van der Waals surface area contributed by atoms with Crippen LogP contribution in [-0.4, -0.2) is 25.8 Å². The number of esters is 1. The summed E-state index contributed by atoms with van der Waals surface area (Å²) in [6, 6.07) is 8.68. The fourth-order valence-corrected chi connectivity index (χ4v) is 2.51. The van der Waals surface area contributed by atoms with Crippen LogP contribution >= 0.6 is 15.9 Å². The Morgan fingerprint density at radius 3 is 2.57 bits per heavy atom. The number of halogens is 1. The molecule has 6 nitrogen and oxygen atoms in total. The predicted molar refractivity (Wildman–Crippen MR) is 85.3 cm³/mol. The lowest BCUT2D eigenvalue weighted by atomic mass is 9.88. The van der Waals surface area contributed by atoms with Crippen LogP contribution in [0.1, 0.15) is 18.9 Å². The van der Waals surface area contributed by atoms with Gasteiger partial charge in [-0.2, -0.15) is 5.26 Å². The largest absolute Gasteiger partial charge is 0.510 e. The zero-order chi connectivity index (χ0) is 17.5. The van der Waals surface area contributed by atoms with Crippen LogP contribution in [0.3, 0.4) is 0 Å². The molecule has 1 rings (SSSR count). The highest BCUT2D eigenvalue weighted by Gasteiger charge is 2.41. The van der Waals surface area contributed by atoms with Gasteiger partial charge in [-0.05, 0) is 13.0 Å². The van der Waals surface area contributed by atoms with Gasteiger partial charge in [-0.3, -0.25) is 0 Å². The van der Waals surface area contributed by atoms with E-state index in [-0.39, 0.29) is 18.6 Å². The highest BCUT2D eigenvalue weighted by molar-refractivity contribution is 9.10. The van der Waals surface area contributed by atoms with Crippen LogP contribution in [0.25, 0.3) is 0 Å². The molecule has 0 aromatic heterocycles. The lowest BCUT2D eigenvalue weighted by molar-refractivity contribution is -0.136. The predicted octanol–water partition coefficient (Wildman–Crippen LogP) is 3.46. The van der Waals surface area contributed by atoms with Crippen molar-refractivity contribution in [3.8, 4) is 6.07 Å². The minimum absolute atomic E-state index is 0.00546. The van der Waals surface area contributed by atoms with Gasteiger partial charge >= 0.3 is 12.1 Å². The third kappa shape index (κ3) is 4.57. The van der Waals surface area contributed by atoms with Gasteiger partial charge in [0.15, 0.2) is 0 Å². The SMILES string of the molecule is C=C(CC(C#N)(OC(=O)OCC)c1ccccc1Br)C(=O)OC. The second kappa shape index (κ2) is 8.34. The summed E-state index contributed by atoms with van der Waals surface area (Å²) in [6.07, 6.45) is -1.26. The van der Waals surface area contributed by atoms with E-state index in [4.69, 9.17) is 9.47 Å². The topological polar surface area (TPSA) is 85.6 Å². The van der Waals surface area contributed by atoms with E-state index in [1.807, 2.05) is 6.07 Å².